The molecule has 1 unspecified atom stereocenters. The molecule has 6 heteroatoms. The smallest absolute Gasteiger partial charge is 0.333 e. The van der Waals surface area contributed by atoms with Gasteiger partial charge in [-0.1, -0.05) is 33.1 Å². The first kappa shape index (κ1) is 17.8. The lowest BCUT2D eigenvalue weighted by Gasteiger charge is -2.34. The average molecular weight is 266 g/mol. The van der Waals surface area contributed by atoms with Gasteiger partial charge in [-0.2, -0.15) is 0 Å². The van der Waals surface area contributed by atoms with Crippen LogP contribution in [0.3, 0.4) is 0 Å². The molecular formula is C13H24B2O4. The molecule has 4 nitrogen and oxygen atoms in total. The summed E-state index contributed by atoms with van der Waals surface area (Å²) in [6.07, 6.45) is 5.03. The number of carbonyl (C=O) groups excluding carboxylic acids is 1. The van der Waals surface area contributed by atoms with Crippen LogP contribution in [0.1, 0.15) is 46.5 Å². The molecule has 0 aliphatic rings. The minimum absolute atomic E-state index is 0.117. The quantitative estimate of drug-likeness (QED) is 0.399. The molecule has 0 aliphatic heterocycles. The van der Waals surface area contributed by atoms with Crippen molar-refractivity contribution in [3.05, 3.63) is 11.6 Å². The summed E-state index contributed by atoms with van der Waals surface area (Å²) in [5.41, 5.74) is 0.117. The van der Waals surface area contributed by atoms with Gasteiger partial charge in [-0.05, 0) is 19.3 Å². The van der Waals surface area contributed by atoms with E-state index in [1.165, 1.54) is 6.92 Å². The van der Waals surface area contributed by atoms with Gasteiger partial charge in [0.05, 0.1) is 0 Å². The Hall–Kier alpha value is -1.19. The largest absolute Gasteiger partial charge is 0.478 e. The number of rotatable bonds is 8. The van der Waals surface area contributed by atoms with E-state index in [0.29, 0.717) is 0 Å². The maximum Gasteiger partial charge on any atom is 0.333 e. The van der Waals surface area contributed by atoms with Gasteiger partial charge >= 0.3 is 11.9 Å². The lowest BCUT2D eigenvalue weighted by atomic mass is 9.56. The number of unbranched alkanes of at least 4 members (excludes halogenated alkanes) is 1. The van der Waals surface area contributed by atoms with Crippen molar-refractivity contribution in [1.29, 1.82) is 0 Å². The Balaban J connectivity index is 4.73. The summed E-state index contributed by atoms with van der Waals surface area (Å²) in [7, 11) is 3.78. The van der Waals surface area contributed by atoms with Crippen LogP contribution in [0.4, 0.5) is 0 Å². The van der Waals surface area contributed by atoms with Crippen LogP contribution in [0, 0.1) is 5.92 Å². The number of ether oxygens (including phenoxy) is 1. The van der Waals surface area contributed by atoms with Gasteiger partial charge in [0.2, 0.25) is 0 Å². The second-order valence-corrected chi connectivity index (χ2v) is 5.41. The summed E-state index contributed by atoms with van der Waals surface area (Å²) in [4.78, 5) is 22.4. The van der Waals surface area contributed by atoms with Crippen LogP contribution in [0.2, 0.25) is 0 Å². The zero-order valence-electron chi connectivity index (χ0n) is 12.7. The van der Waals surface area contributed by atoms with Crippen molar-refractivity contribution < 1.29 is 19.4 Å². The van der Waals surface area contributed by atoms with E-state index >= 15 is 0 Å². The number of hydrogen-bond donors (Lipinski definition) is 1. The average Bonchev–Trinajstić information content (AvgIpc) is 2.28. The number of carbonyl (C=O) groups is 2. The van der Waals surface area contributed by atoms with E-state index in [1.54, 1.807) is 0 Å². The molecule has 0 rings (SSSR count). The van der Waals surface area contributed by atoms with Crippen molar-refractivity contribution in [2.45, 2.75) is 51.9 Å². The van der Waals surface area contributed by atoms with Crippen LogP contribution in [0.25, 0.3) is 0 Å². The fraction of sp³-hybridized carbons (Fsp3) is 0.692. The molecule has 0 fully saturated rings. The second-order valence-electron chi connectivity index (χ2n) is 5.41. The van der Waals surface area contributed by atoms with E-state index < -0.39 is 17.3 Å². The SMILES string of the molecule is BC(B)(OC(=O)/C(C)=C/C(=O)O)C(CC)CCCC. The normalized spacial score (nSPS) is 13.9. The van der Waals surface area contributed by atoms with E-state index in [2.05, 4.69) is 13.8 Å². The predicted octanol–water partition coefficient (Wildman–Crippen LogP) is 0.697. The molecule has 0 aromatic rings. The summed E-state index contributed by atoms with van der Waals surface area (Å²) < 4.78 is 5.48. The van der Waals surface area contributed by atoms with Crippen LogP contribution < -0.4 is 0 Å². The first-order valence-corrected chi connectivity index (χ1v) is 6.89. The van der Waals surface area contributed by atoms with Gasteiger partial charge in [-0.15, -0.1) is 0 Å². The maximum absolute atomic E-state index is 11.8. The van der Waals surface area contributed by atoms with E-state index in [-0.39, 0.29) is 11.5 Å². The summed E-state index contributed by atoms with van der Waals surface area (Å²) in [5, 5.41) is 8.04. The third-order valence-electron chi connectivity index (χ3n) is 3.40. The van der Waals surface area contributed by atoms with Crippen LogP contribution in [-0.4, -0.2) is 38.1 Å². The molecule has 0 bridgehead atoms. The van der Waals surface area contributed by atoms with Gasteiger partial charge in [0.25, 0.3) is 0 Å². The highest BCUT2D eigenvalue weighted by molar-refractivity contribution is 6.40. The third kappa shape index (κ3) is 6.50. The molecule has 1 atom stereocenters. The molecule has 0 amide bonds. The van der Waals surface area contributed by atoms with Crippen LogP contribution >= 0.6 is 0 Å². The Bertz CT molecular complexity index is 351. The van der Waals surface area contributed by atoms with Crippen molar-refractivity contribution in [3.63, 3.8) is 0 Å². The summed E-state index contributed by atoms with van der Waals surface area (Å²) in [6, 6.07) is 0. The first-order chi connectivity index (χ1) is 8.74. The number of carboxylic acids is 1. The van der Waals surface area contributed by atoms with Crippen molar-refractivity contribution in [2.24, 2.45) is 5.92 Å². The first-order valence-electron chi connectivity index (χ1n) is 6.89. The lowest BCUT2D eigenvalue weighted by Crippen LogP contribution is -2.44. The zero-order valence-corrected chi connectivity index (χ0v) is 12.7. The fourth-order valence-corrected chi connectivity index (χ4v) is 2.14. The number of hydrogen-bond acceptors (Lipinski definition) is 3. The lowest BCUT2D eigenvalue weighted by molar-refractivity contribution is -0.146. The van der Waals surface area contributed by atoms with Gasteiger partial charge in [-0.25, -0.2) is 9.59 Å². The molecule has 0 saturated carbocycles. The molecule has 0 spiro atoms. The second kappa shape index (κ2) is 8.08. The van der Waals surface area contributed by atoms with Crippen molar-refractivity contribution in [2.75, 3.05) is 0 Å². The molecule has 19 heavy (non-hydrogen) atoms. The van der Waals surface area contributed by atoms with E-state index in [0.717, 1.165) is 31.8 Å². The van der Waals surface area contributed by atoms with Crippen molar-refractivity contribution >= 4 is 27.6 Å². The molecular weight excluding hydrogens is 242 g/mol. The Kier molecular flexibility index (Phi) is 7.57. The van der Waals surface area contributed by atoms with Crippen LogP contribution in [0.15, 0.2) is 11.6 Å². The molecule has 1 N–H and O–H groups in total. The summed E-state index contributed by atoms with van der Waals surface area (Å²) >= 11 is 0. The van der Waals surface area contributed by atoms with Gasteiger partial charge in [0.1, 0.15) is 15.7 Å². The highest BCUT2D eigenvalue weighted by Crippen LogP contribution is 2.25. The highest BCUT2D eigenvalue weighted by Gasteiger charge is 2.31. The summed E-state index contributed by atoms with van der Waals surface area (Å²) in [5.74, 6) is -1.40. The van der Waals surface area contributed by atoms with Crippen LogP contribution in [-0.2, 0) is 14.3 Å². The molecule has 0 aromatic heterocycles. The van der Waals surface area contributed by atoms with Crippen molar-refractivity contribution in [1.82, 2.24) is 0 Å². The Labute approximate surface area is 117 Å². The van der Waals surface area contributed by atoms with E-state index in [9.17, 15) is 9.59 Å². The third-order valence-corrected chi connectivity index (χ3v) is 3.40. The van der Waals surface area contributed by atoms with Gasteiger partial charge in [0.15, 0.2) is 0 Å². The summed E-state index contributed by atoms with van der Waals surface area (Å²) in [6.45, 7) is 5.67. The van der Waals surface area contributed by atoms with E-state index in [4.69, 9.17) is 9.84 Å². The molecule has 0 heterocycles. The molecule has 0 aliphatic carbocycles. The van der Waals surface area contributed by atoms with E-state index in [1.807, 2.05) is 15.7 Å². The maximum atomic E-state index is 11.8. The van der Waals surface area contributed by atoms with Gasteiger partial charge in [-0.3, -0.25) is 0 Å². The highest BCUT2D eigenvalue weighted by atomic mass is 16.5. The topological polar surface area (TPSA) is 63.6 Å². The molecule has 0 saturated heterocycles. The van der Waals surface area contributed by atoms with Gasteiger partial charge < -0.3 is 9.84 Å². The molecule has 0 radical (unpaired) electrons. The molecule has 0 aromatic carbocycles. The van der Waals surface area contributed by atoms with Gasteiger partial charge in [0, 0.05) is 17.0 Å². The standard InChI is InChI=1S/C13H24B2O4/c1-4-6-7-10(5-2)13(14,15)19-12(18)9(3)8-11(16)17/h8,10H,4-7,14-15H2,1-3H3,(H,16,17)/b9-8+. The Morgan fingerprint density at radius 2 is 1.95 bits per heavy atom. The molecule has 106 valence electrons. The fourth-order valence-electron chi connectivity index (χ4n) is 2.14. The number of aliphatic carboxylic acids is 1. The number of esters is 1. The Morgan fingerprint density at radius 3 is 2.37 bits per heavy atom. The Morgan fingerprint density at radius 1 is 1.37 bits per heavy atom. The minimum Gasteiger partial charge on any atom is -0.478 e. The predicted molar refractivity (Wildman–Crippen MR) is 80.6 cm³/mol. The van der Waals surface area contributed by atoms with Crippen molar-refractivity contribution in [3.8, 4) is 0 Å². The zero-order chi connectivity index (χ0) is 15.1. The monoisotopic (exact) mass is 266 g/mol. The minimum atomic E-state index is -1.13. The number of carboxylic acid groups (broad SMARTS) is 1. The van der Waals surface area contributed by atoms with Crippen LogP contribution in [0.5, 0.6) is 0 Å².